The highest BCUT2D eigenvalue weighted by molar-refractivity contribution is 7.15. The first-order valence-electron chi connectivity index (χ1n) is 7.57. The van der Waals surface area contributed by atoms with Gasteiger partial charge in [-0.2, -0.15) is 0 Å². The van der Waals surface area contributed by atoms with E-state index in [-0.39, 0.29) is 0 Å². The molecule has 20 heavy (non-hydrogen) atoms. The molecule has 1 aromatic rings. The average molecular weight is 299 g/mol. The van der Waals surface area contributed by atoms with Crippen molar-refractivity contribution in [1.82, 2.24) is 15.2 Å². The number of rotatable bonds is 9. The van der Waals surface area contributed by atoms with E-state index in [0.29, 0.717) is 6.04 Å². The van der Waals surface area contributed by atoms with Crippen molar-refractivity contribution in [3.8, 4) is 0 Å². The monoisotopic (exact) mass is 298 g/mol. The maximum Gasteiger partial charge on any atom is 0.186 e. The van der Waals surface area contributed by atoms with E-state index >= 15 is 0 Å². The second-order valence-corrected chi connectivity index (χ2v) is 6.61. The van der Waals surface area contributed by atoms with E-state index in [1.54, 1.807) is 0 Å². The normalized spacial score (nSPS) is 12.9. The van der Waals surface area contributed by atoms with E-state index in [1.807, 2.05) is 18.4 Å². The standard InChI is InChI=1S/C15H30N4S/c1-7-9-13-14(10-16-4)20-15(17-13)19(8-2)12(3)11-18(5)6/h12,16H,7-11H2,1-6H3. The zero-order chi connectivity index (χ0) is 15.1. The SMILES string of the molecule is CCCc1nc(N(CC)C(C)CN(C)C)sc1CNC. The van der Waals surface area contributed by atoms with Gasteiger partial charge in [0, 0.05) is 30.6 Å². The molecule has 1 rings (SSSR count). The molecule has 0 amide bonds. The summed E-state index contributed by atoms with van der Waals surface area (Å²) in [5.41, 5.74) is 1.28. The lowest BCUT2D eigenvalue weighted by Crippen LogP contribution is -2.40. The zero-order valence-electron chi connectivity index (χ0n) is 13.9. The van der Waals surface area contributed by atoms with Gasteiger partial charge in [-0.15, -0.1) is 11.3 Å². The quantitative estimate of drug-likeness (QED) is 0.759. The lowest BCUT2D eigenvalue weighted by atomic mass is 10.2. The smallest absolute Gasteiger partial charge is 0.186 e. The Hall–Kier alpha value is -0.650. The Morgan fingerprint density at radius 1 is 1.30 bits per heavy atom. The summed E-state index contributed by atoms with van der Waals surface area (Å²) in [5, 5.41) is 4.43. The van der Waals surface area contributed by atoms with Gasteiger partial charge in [-0.3, -0.25) is 0 Å². The van der Waals surface area contributed by atoms with Crippen LogP contribution in [0.25, 0.3) is 0 Å². The Bertz CT molecular complexity index is 366. The summed E-state index contributed by atoms with van der Waals surface area (Å²) in [4.78, 5) is 11.0. The van der Waals surface area contributed by atoms with Gasteiger partial charge in [0.05, 0.1) is 5.69 Å². The first-order chi connectivity index (χ1) is 9.53. The Balaban J connectivity index is 2.93. The van der Waals surface area contributed by atoms with E-state index < -0.39 is 0 Å². The van der Waals surface area contributed by atoms with Crippen LogP contribution < -0.4 is 10.2 Å². The first-order valence-corrected chi connectivity index (χ1v) is 8.39. The number of thiazole rings is 1. The molecule has 0 saturated carbocycles. The number of nitrogens with one attached hydrogen (secondary N) is 1. The maximum atomic E-state index is 4.90. The number of likely N-dealkylation sites (N-methyl/N-ethyl adjacent to an activating group) is 2. The third kappa shape index (κ3) is 4.72. The second-order valence-electron chi connectivity index (χ2n) is 5.54. The number of hydrogen-bond donors (Lipinski definition) is 1. The summed E-state index contributed by atoms with van der Waals surface area (Å²) in [7, 11) is 6.25. The van der Waals surface area contributed by atoms with E-state index in [1.165, 1.54) is 15.7 Å². The van der Waals surface area contributed by atoms with E-state index in [4.69, 9.17) is 4.98 Å². The molecule has 0 fully saturated rings. The molecule has 0 aliphatic carbocycles. The van der Waals surface area contributed by atoms with Gasteiger partial charge in [0.25, 0.3) is 0 Å². The van der Waals surface area contributed by atoms with E-state index in [9.17, 15) is 0 Å². The molecule has 1 atom stereocenters. The van der Waals surface area contributed by atoms with Gasteiger partial charge in [0.15, 0.2) is 5.13 Å². The third-order valence-corrected chi connectivity index (χ3v) is 4.47. The zero-order valence-corrected chi connectivity index (χ0v) is 14.7. The van der Waals surface area contributed by atoms with Crippen LogP contribution in [0.4, 0.5) is 5.13 Å². The summed E-state index contributed by atoms with van der Waals surface area (Å²) < 4.78 is 0. The Morgan fingerprint density at radius 2 is 2.00 bits per heavy atom. The Labute approximate surface area is 128 Å². The molecule has 0 bridgehead atoms. The molecule has 0 radical (unpaired) electrons. The highest BCUT2D eigenvalue weighted by Crippen LogP contribution is 2.28. The van der Waals surface area contributed by atoms with Crippen molar-refractivity contribution in [2.45, 2.75) is 46.2 Å². The van der Waals surface area contributed by atoms with Crippen molar-refractivity contribution in [2.75, 3.05) is 39.1 Å². The van der Waals surface area contributed by atoms with Crippen molar-refractivity contribution in [3.05, 3.63) is 10.6 Å². The fourth-order valence-corrected chi connectivity index (χ4v) is 3.77. The predicted octanol–water partition coefficient (Wildman–Crippen LogP) is 2.59. The fraction of sp³-hybridized carbons (Fsp3) is 0.800. The largest absolute Gasteiger partial charge is 0.344 e. The summed E-state index contributed by atoms with van der Waals surface area (Å²) in [6.07, 6.45) is 2.23. The molecule has 5 heteroatoms. The van der Waals surface area contributed by atoms with Gasteiger partial charge in [-0.05, 0) is 41.4 Å². The number of anilines is 1. The van der Waals surface area contributed by atoms with Crippen LogP contribution in [0.1, 0.15) is 37.8 Å². The van der Waals surface area contributed by atoms with Crippen molar-refractivity contribution < 1.29 is 0 Å². The Kier molecular flexibility index (Phi) is 7.48. The van der Waals surface area contributed by atoms with Gasteiger partial charge in [0.1, 0.15) is 0 Å². The van der Waals surface area contributed by atoms with Gasteiger partial charge in [-0.25, -0.2) is 4.98 Å². The van der Waals surface area contributed by atoms with Gasteiger partial charge in [0.2, 0.25) is 0 Å². The first kappa shape index (κ1) is 17.4. The Morgan fingerprint density at radius 3 is 2.50 bits per heavy atom. The van der Waals surface area contributed by atoms with Crippen molar-refractivity contribution in [1.29, 1.82) is 0 Å². The van der Waals surface area contributed by atoms with Crippen LogP contribution >= 0.6 is 11.3 Å². The molecule has 1 unspecified atom stereocenters. The maximum absolute atomic E-state index is 4.90. The van der Waals surface area contributed by atoms with E-state index in [0.717, 1.165) is 32.5 Å². The molecule has 0 spiro atoms. The second kappa shape index (κ2) is 8.60. The summed E-state index contributed by atoms with van der Waals surface area (Å²) in [6.45, 7) is 9.69. The number of nitrogens with zero attached hydrogens (tertiary/aromatic N) is 3. The van der Waals surface area contributed by atoms with Gasteiger partial charge >= 0.3 is 0 Å². The molecular weight excluding hydrogens is 268 g/mol. The van der Waals surface area contributed by atoms with Gasteiger partial charge < -0.3 is 15.1 Å². The van der Waals surface area contributed by atoms with Gasteiger partial charge in [-0.1, -0.05) is 13.3 Å². The topological polar surface area (TPSA) is 31.4 Å². The van der Waals surface area contributed by atoms with Crippen LogP contribution in [0.3, 0.4) is 0 Å². The van der Waals surface area contributed by atoms with Crippen LogP contribution in [-0.4, -0.2) is 50.2 Å². The average Bonchev–Trinajstić information content (AvgIpc) is 2.73. The van der Waals surface area contributed by atoms with Crippen LogP contribution in [0.2, 0.25) is 0 Å². The van der Waals surface area contributed by atoms with Crippen LogP contribution in [0.15, 0.2) is 0 Å². The third-order valence-electron chi connectivity index (χ3n) is 3.34. The molecule has 0 aliphatic heterocycles. The van der Waals surface area contributed by atoms with Crippen molar-refractivity contribution >= 4 is 16.5 Å². The molecule has 1 N–H and O–H groups in total. The lowest BCUT2D eigenvalue weighted by Gasteiger charge is -2.29. The minimum Gasteiger partial charge on any atom is -0.344 e. The molecule has 4 nitrogen and oxygen atoms in total. The van der Waals surface area contributed by atoms with E-state index in [2.05, 4.69) is 50.0 Å². The molecule has 0 saturated heterocycles. The molecule has 0 aromatic carbocycles. The lowest BCUT2D eigenvalue weighted by molar-refractivity contribution is 0.373. The predicted molar refractivity (Wildman–Crippen MR) is 89.9 cm³/mol. The summed E-state index contributed by atoms with van der Waals surface area (Å²) >= 11 is 1.85. The van der Waals surface area contributed by atoms with Crippen LogP contribution in [-0.2, 0) is 13.0 Å². The highest BCUT2D eigenvalue weighted by Gasteiger charge is 2.19. The highest BCUT2D eigenvalue weighted by atomic mass is 32.1. The molecule has 0 aliphatic rings. The molecule has 116 valence electrons. The molecule has 1 aromatic heterocycles. The summed E-state index contributed by atoms with van der Waals surface area (Å²) in [6, 6.07) is 0.484. The number of hydrogen-bond acceptors (Lipinski definition) is 5. The number of aryl methyl sites for hydroxylation is 1. The van der Waals surface area contributed by atoms with Crippen LogP contribution in [0, 0.1) is 0 Å². The molecule has 1 heterocycles. The number of aromatic nitrogens is 1. The minimum absolute atomic E-state index is 0.484. The van der Waals surface area contributed by atoms with Crippen molar-refractivity contribution in [2.24, 2.45) is 0 Å². The molecular formula is C15H30N4S. The summed E-state index contributed by atoms with van der Waals surface area (Å²) in [5.74, 6) is 0. The fourth-order valence-electron chi connectivity index (χ4n) is 2.49. The van der Waals surface area contributed by atoms with Crippen LogP contribution in [0.5, 0.6) is 0 Å². The minimum atomic E-state index is 0.484. The van der Waals surface area contributed by atoms with Crippen molar-refractivity contribution in [3.63, 3.8) is 0 Å².